The average molecular weight is 269 g/mol. The zero-order chi connectivity index (χ0) is 13.3. The molecule has 2 heterocycles. The molecule has 5 heteroatoms. The molecule has 0 radical (unpaired) electrons. The summed E-state index contributed by atoms with van der Waals surface area (Å²) in [5.41, 5.74) is -0.503. The van der Waals surface area contributed by atoms with Gasteiger partial charge in [0.2, 0.25) is 0 Å². The van der Waals surface area contributed by atoms with E-state index in [1.54, 1.807) is 37.1 Å². The smallest absolute Gasteiger partial charge is 0.257 e. The van der Waals surface area contributed by atoms with Crippen molar-refractivity contribution >= 4 is 17.5 Å². The average Bonchev–Trinajstić information content (AvgIpc) is 2.77. The maximum absolute atomic E-state index is 12.4. The van der Waals surface area contributed by atoms with Gasteiger partial charge in [-0.1, -0.05) is 11.6 Å². The predicted octanol–water partition coefficient (Wildman–Crippen LogP) is 2.11. The lowest BCUT2D eigenvalue weighted by Crippen LogP contribution is -2.48. The van der Waals surface area contributed by atoms with Crippen molar-refractivity contribution < 1.29 is 9.90 Å². The lowest BCUT2D eigenvalue weighted by atomic mass is 9.96. The minimum atomic E-state index is -0.902. The van der Waals surface area contributed by atoms with Crippen molar-refractivity contribution in [3.8, 4) is 0 Å². The number of pyridine rings is 1. The van der Waals surface area contributed by atoms with Gasteiger partial charge in [0.1, 0.15) is 5.15 Å². The van der Waals surface area contributed by atoms with Crippen LogP contribution in [0.5, 0.6) is 0 Å². The standard InChI is InChI=1S/C13H17ClN2O2/c1-13(2,18)10-6-4-8-16(10)12(17)9-5-3-7-15-11(9)14/h3,5,7,10,18H,4,6,8H2,1-2H3. The highest BCUT2D eigenvalue weighted by molar-refractivity contribution is 6.32. The molecule has 1 aliphatic heterocycles. The van der Waals surface area contributed by atoms with Gasteiger partial charge in [0.25, 0.3) is 5.91 Å². The number of hydrogen-bond donors (Lipinski definition) is 1. The highest BCUT2D eigenvalue weighted by Gasteiger charge is 2.39. The zero-order valence-electron chi connectivity index (χ0n) is 10.6. The minimum absolute atomic E-state index is 0.155. The van der Waals surface area contributed by atoms with E-state index in [0.717, 1.165) is 12.8 Å². The second-order valence-corrected chi connectivity index (χ2v) is 5.51. The number of likely N-dealkylation sites (tertiary alicyclic amines) is 1. The Hall–Kier alpha value is -1.13. The van der Waals surface area contributed by atoms with Gasteiger partial charge < -0.3 is 10.0 Å². The monoisotopic (exact) mass is 268 g/mol. The van der Waals surface area contributed by atoms with Gasteiger partial charge in [-0.25, -0.2) is 4.98 Å². The summed E-state index contributed by atoms with van der Waals surface area (Å²) in [5, 5.41) is 10.3. The molecule has 1 fully saturated rings. The van der Waals surface area contributed by atoms with E-state index in [0.29, 0.717) is 12.1 Å². The first-order valence-electron chi connectivity index (χ1n) is 6.05. The van der Waals surface area contributed by atoms with Gasteiger partial charge in [0.05, 0.1) is 17.2 Å². The van der Waals surface area contributed by atoms with Gasteiger partial charge in [0.15, 0.2) is 0 Å². The third kappa shape index (κ3) is 2.49. The van der Waals surface area contributed by atoms with Crippen LogP contribution in [0, 0.1) is 0 Å². The third-order valence-electron chi connectivity index (χ3n) is 3.32. The molecule has 1 atom stereocenters. The quantitative estimate of drug-likeness (QED) is 0.836. The number of aromatic nitrogens is 1. The fourth-order valence-electron chi connectivity index (χ4n) is 2.44. The molecule has 1 aromatic rings. The molecule has 0 bridgehead atoms. The van der Waals surface area contributed by atoms with Crippen molar-refractivity contribution in [2.24, 2.45) is 0 Å². The van der Waals surface area contributed by atoms with E-state index in [-0.39, 0.29) is 17.1 Å². The maximum Gasteiger partial charge on any atom is 0.257 e. The number of hydrogen-bond acceptors (Lipinski definition) is 3. The molecule has 1 unspecified atom stereocenters. The Morgan fingerprint density at radius 1 is 1.61 bits per heavy atom. The van der Waals surface area contributed by atoms with E-state index < -0.39 is 5.60 Å². The lowest BCUT2D eigenvalue weighted by Gasteiger charge is -2.33. The number of aliphatic hydroxyl groups is 1. The van der Waals surface area contributed by atoms with Crippen molar-refractivity contribution in [2.45, 2.75) is 38.3 Å². The predicted molar refractivity (Wildman–Crippen MR) is 69.6 cm³/mol. The summed E-state index contributed by atoms with van der Waals surface area (Å²) < 4.78 is 0. The molecular weight excluding hydrogens is 252 g/mol. The van der Waals surface area contributed by atoms with Gasteiger partial charge in [0, 0.05) is 12.7 Å². The summed E-state index contributed by atoms with van der Waals surface area (Å²) in [6.07, 6.45) is 3.27. The van der Waals surface area contributed by atoms with Crippen molar-refractivity contribution in [3.63, 3.8) is 0 Å². The van der Waals surface area contributed by atoms with Crippen LogP contribution in [0.2, 0.25) is 5.15 Å². The summed E-state index contributed by atoms with van der Waals surface area (Å²) in [5.74, 6) is -0.155. The molecule has 0 saturated carbocycles. The Morgan fingerprint density at radius 2 is 2.33 bits per heavy atom. The molecule has 1 amide bonds. The minimum Gasteiger partial charge on any atom is -0.388 e. The van der Waals surface area contributed by atoms with Gasteiger partial charge in [-0.2, -0.15) is 0 Å². The third-order valence-corrected chi connectivity index (χ3v) is 3.62. The Kier molecular flexibility index (Phi) is 3.59. The summed E-state index contributed by atoms with van der Waals surface area (Å²) in [6, 6.07) is 3.19. The van der Waals surface area contributed by atoms with Crippen LogP contribution in [0.4, 0.5) is 0 Å². The Balaban J connectivity index is 2.27. The zero-order valence-corrected chi connectivity index (χ0v) is 11.3. The van der Waals surface area contributed by atoms with Crippen LogP contribution in [-0.4, -0.2) is 39.1 Å². The molecule has 98 valence electrons. The number of amides is 1. The number of rotatable bonds is 2. The number of carbonyl (C=O) groups excluding carboxylic acids is 1. The molecule has 1 saturated heterocycles. The van der Waals surface area contributed by atoms with Crippen LogP contribution in [0.3, 0.4) is 0 Å². The van der Waals surface area contributed by atoms with Crippen LogP contribution in [-0.2, 0) is 0 Å². The van der Waals surface area contributed by atoms with Crippen LogP contribution in [0.1, 0.15) is 37.0 Å². The van der Waals surface area contributed by atoms with Crippen LogP contribution >= 0.6 is 11.6 Å². The Bertz CT molecular complexity index is 457. The molecular formula is C13H17ClN2O2. The summed E-state index contributed by atoms with van der Waals surface area (Å²) in [7, 11) is 0. The first kappa shape index (κ1) is 13.3. The Labute approximate surface area is 112 Å². The molecule has 2 rings (SSSR count). The van der Waals surface area contributed by atoms with Crippen molar-refractivity contribution in [1.29, 1.82) is 0 Å². The van der Waals surface area contributed by atoms with Crippen LogP contribution in [0.25, 0.3) is 0 Å². The van der Waals surface area contributed by atoms with Gasteiger partial charge >= 0.3 is 0 Å². The first-order valence-corrected chi connectivity index (χ1v) is 6.43. The van der Waals surface area contributed by atoms with Crippen molar-refractivity contribution in [1.82, 2.24) is 9.88 Å². The summed E-state index contributed by atoms with van der Waals surface area (Å²) in [6.45, 7) is 4.11. The molecule has 0 aliphatic carbocycles. The fraction of sp³-hybridized carbons (Fsp3) is 0.538. The maximum atomic E-state index is 12.4. The van der Waals surface area contributed by atoms with Crippen LogP contribution < -0.4 is 0 Å². The Morgan fingerprint density at radius 3 is 2.94 bits per heavy atom. The molecule has 1 aromatic heterocycles. The molecule has 0 spiro atoms. The van der Waals surface area contributed by atoms with Crippen molar-refractivity contribution in [2.75, 3.05) is 6.54 Å². The van der Waals surface area contributed by atoms with E-state index in [4.69, 9.17) is 11.6 Å². The van der Waals surface area contributed by atoms with Crippen LogP contribution in [0.15, 0.2) is 18.3 Å². The second-order valence-electron chi connectivity index (χ2n) is 5.15. The topological polar surface area (TPSA) is 53.4 Å². The molecule has 1 aliphatic rings. The molecule has 4 nitrogen and oxygen atoms in total. The van der Waals surface area contributed by atoms with E-state index in [1.807, 2.05) is 0 Å². The van der Waals surface area contributed by atoms with E-state index in [1.165, 1.54) is 0 Å². The van der Waals surface area contributed by atoms with Gasteiger partial charge in [-0.05, 0) is 38.8 Å². The number of nitrogens with zero attached hydrogens (tertiary/aromatic N) is 2. The molecule has 1 N–H and O–H groups in total. The number of halogens is 1. The highest BCUT2D eigenvalue weighted by Crippen LogP contribution is 2.29. The first-order chi connectivity index (χ1) is 8.41. The van der Waals surface area contributed by atoms with E-state index in [2.05, 4.69) is 4.98 Å². The fourth-order valence-corrected chi connectivity index (χ4v) is 2.64. The number of carbonyl (C=O) groups is 1. The van der Waals surface area contributed by atoms with E-state index >= 15 is 0 Å². The van der Waals surface area contributed by atoms with Gasteiger partial charge in [-0.3, -0.25) is 4.79 Å². The van der Waals surface area contributed by atoms with Gasteiger partial charge in [-0.15, -0.1) is 0 Å². The SMILES string of the molecule is CC(C)(O)C1CCCN1C(=O)c1cccnc1Cl. The normalized spacial score (nSPS) is 20.2. The summed E-state index contributed by atoms with van der Waals surface area (Å²) in [4.78, 5) is 18.0. The van der Waals surface area contributed by atoms with E-state index in [9.17, 15) is 9.90 Å². The highest BCUT2D eigenvalue weighted by atomic mass is 35.5. The van der Waals surface area contributed by atoms with Crippen molar-refractivity contribution in [3.05, 3.63) is 29.0 Å². The largest absolute Gasteiger partial charge is 0.388 e. The molecule has 18 heavy (non-hydrogen) atoms. The summed E-state index contributed by atoms with van der Waals surface area (Å²) >= 11 is 5.94. The second kappa shape index (κ2) is 4.86. The lowest BCUT2D eigenvalue weighted by molar-refractivity contribution is 0.000324. The molecule has 0 aromatic carbocycles.